The number of esters is 2. The molecule has 0 aromatic rings. The summed E-state index contributed by atoms with van der Waals surface area (Å²) in [4.78, 5) is 22.0. The van der Waals surface area contributed by atoms with Crippen LogP contribution in [0.3, 0.4) is 0 Å². The number of carbonyl (C=O) groups is 2. The Bertz CT molecular complexity index is 521. The van der Waals surface area contributed by atoms with Gasteiger partial charge >= 0.3 is 11.9 Å². The van der Waals surface area contributed by atoms with E-state index in [2.05, 4.69) is 0 Å². The van der Waals surface area contributed by atoms with E-state index in [1.165, 1.54) is 13.8 Å². The Hall–Kier alpha value is -2.60. The molecule has 6 nitrogen and oxygen atoms in total. The summed E-state index contributed by atoms with van der Waals surface area (Å²) in [6, 6.07) is 3.64. The molecular formula is C14H14N2O4. The average Bonchev–Trinajstić information content (AvgIpc) is 2.42. The zero-order valence-electron chi connectivity index (χ0n) is 11.4. The number of allylic oxidation sites excluding steroid dienone is 4. The monoisotopic (exact) mass is 274 g/mol. The van der Waals surface area contributed by atoms with Gasteiger partial charge in [-0.1, -0.05) is 0 Å². The number of ether oxygens (including phenoxy) is 2. The maximum Gasteiger partial charge on any atom is 0.308 e. The van der Waals surface area contributed by atoms with Gasteiger partial charge in [-0.05, 0) is 25.7 Å². The van der Waals surface area contributed by atoms with Crippen LogP contribution in [0.5, 0.6) is 0 Å². The maximum atomic E-state index is 11.0. The highest BCUT2D eigenvalue weighted by atomic mass is 16.5. The molecule has 0 unspecified atom stereocenters. The minimum Gasteiger partial charge on any atom is -0.415 e. The lowest BCUT2D eigenvalue weighted by molar-refractivity contribution is -0.137. The molecule has 6 heteroatoms. The van der Waals surface area contributed by atoms with Gasteiger partial charge in [0.1, 0.15) is 12.1 Å². The average molecular weight is 274 g/mol. The van der Waals surface area contributed by atoms with Gasteiger partial charge in [-0.3, -0.25) is 9.59 Å². The molecule has 0 radical (unpaired) electrons. The molecule has 1 aliphatic carbocycles. The number of hydrogen-bond donors (Lipinski definition) is 0. The van der Waals surface area contributed by atoms with Crippen molar-refractivity contribution in [2.45, 2.75) is 39.5 Å². The first-order chi connectivity index (χ1) is 9.49. The number of nitrogens with zero attached hydrogens (tertiary/aromatic N) is 2. The third kappa shape index (κ3) is 3.96. The number of carbonyl (C=O) groups excluding carboxylic acids is 2. The van der Waals surface area contributed by atoms with Crippen LogP contribution in [0, 0.1) is 22.7 Å². The summed E-state index contributed by atoms with van der Waals surface area (Å²) >= 11 is 0. The lowest BCUT2D eigenvalue weighted by atomic mass is 9.88. The summed E-state index contributed by atoms with van der Waals surface area (Å²) in [6.07, 6.45) is 2.62. The molecule has 0 aliphatic heterocycles. The van der Waals surface area contributed by atoms with E-state index in [4.69, 9.17) is 20.0 Å². The maximum absolute atomic E-state index is 11.0. The first-order valence-corrected chi connectivity index (χ1v) is 6.13. The van der Waals surface area contributed by atoms with Crippen LogP contribution < -0.4 is 0 Å². The Morgan fingerprint density at radius 3 is 1.50 bits per heavy atom. The van der Waals surface area contributed by atoms with Gasteiger partial charge < -0.3 is 9.47 Å². The largest absolute Gasteiger partial charge is 0.415 e. The van der Waals surface area contributed by atoms with E-state index < -0.39 is 11.9 Å². The van der Waals surface area contributed by atoms with E-state index in [1.807, 2.05) is 12.1 Å². The van der Waals surface area contributed by atoms with Crippen LogP contribution in [0.2, 0.25) is 0 Å². The van der Waals surface area contributed by atoms with Gasteiger partial charge in [0.2, 0.25) is 11.5 Å². The van der Waals surface area contributed by atoms with Crippen molar-refractivity contribution in [3.05, 3.63) is 22.7 Å². The van der Waals surface area contributed by atoms with E-state index in [-0.39, 0.29) is 11.5 Å². The third-order valence-corrected chi connectivity index (χ3v) is 2.71. The van der Waals surface area contributed by atoms with Gasteiger partial charge in [-0.2, -0.15) is 10.5 Å². The molecule has 0 heterocycles. The van der Waals surface area contributed by atoms with Gasteiger partial charge in [-0.25, -0.2) is 0 Å². The number of nitriles is 2. The summed E-state index contributed by atoms with van der Waals surface area (Å²) in [5.74, 6) is -1.48. The minimum absolute atomic E-state index is 0.132. The van der Waals surface area contributed by atoms with Crippen LogP contribution in [-0.4, -0.2) is 11.9 Å². The second-order valence-corrected chi connectivity index (χ2v) is 4.23. The van der Waals surface area contributed by atoms with Crippen molar-refractivity contribution >= 4 is 11.9 Å². The van der Waals surface area contributed by atoms with E-state index in [0.29, 0.717) is 24.0 Å². The van der Waals surface area contributed by atoms with E-state index in [1.54, 1.807) is 0 Å². The lowest BCUT2D eigenvalue weighted by Gasteiger charge is -2.20. The minimum atomic E-state index is -0.607. The van der Waals surface area contributed by atoms with Crippen molar-refractivity contribution in [2.75, 3.05) is 0 Å². The quantitative estimate of drug-likeness (QED) is 0.435. The van der Waals surface area contributed by atoms with E-state index >= 15 is 0 Å². The van der Waals surface area contributed by atoms with Gasteiger partial charge in [0, 0.05) is 25.0 Å². The smallest absolute Gasteiger partial charge is 0.308 e. The Morgan fingerprint density at radius 1 is 0.900 bits per heavy atom. The summed E-state index contributed by atoms with van der Waals surface area (Å²) in [6.45, 7) is 2.39. The second-order valence-electron chi connectivity index (χ2n) is 4.23. The normalized spacial score (nSPS) is 19.2. The molecule has 0 amide bonds. The van der Waals surface area contributed by atoms with Crippen LogP contribution in [0.1, 0.15) is 39.5 Å². The molecule has 1 rings (SSSR count). The van der Waals surface area contributed by atoms with Gasteiger partial charge in [-0.15, -0.1) is 0 Å². The molecule has 0 aromatic carbocycles. The predicted octanol–water partition coefficient (Wildman–Crippen LogP) is 2.24. The van der Waals surface area contributed by atoms with Crippen LogP contribution in [0.4, 0.5) is 0 Å². The highest BCUT2D eigenvalue weighted by Gasteiger charge is 2.23. The summed E-state index contributed by atoms with van der Waals surface area (Å²) in [7, 11) is 0. The highest BCUT2D eigenvalue weighted by molar-refractivity contribution is 5.70. The molecule has 0 spiro atoms. The fraction of sp³-hybridized carbons (Fsp3) is 0.429. The van der Waals surface area contributed by atoms with Gasteiger partial charge in [0.25, 0.3) is 0 Å². The van der Waals surface area contributed by atoms with E-state index in [0.717, 1.165) is 12.8 Å². The fourth-order valence-electron chi connectivity index (χ4n) is 2.00. The summed E-state index contributed by atoms with van der Waals surface area (Å²) in [5, 5.41) is 18.2. The molecule has 1 saturated carbocycles. The molecule has 0 bridgehead atoms. The Labute approximate surface area is 116 Å². The molecule has 0 aromatic heterocycles. The molecule has 0 N–H and O–H groups in total. The Kier molecular flexibility index (Phi) is 5.49. The van der Waals surface area contributed by atoms with Crippen molar-refractivity contribution in [3.8, 4) is 12.1 Å². The van der Waals surface area contributed by atoms with Gasteiger partial charge in [0.05, 0.1) is 0 Å². The van der Waals surface area contributed by atoms with Gasteiger partial charge in [0.15, 0.2) is 0 Å². The van der Waals surface area contributed by atoms with Crippen molar-refractivity contribution in [2.24, 2.45) is 0 Å². The molecular weight excluding hydrogens is 260 g/mol. The Balaban J connectivity index is 3.33. The highest BCUT2D eigenvalue weighted by Crippen LogP contribution is 2.34. The van der Waals surface area contributed by atoms with Crippen molar-refractivity contribution in [1.29, 1.82) is 10.5 Å². The second kappa shape index (κ2) is 7.10. The summed E-state index contributed by atoms with van der Waals surface area (Å²) in [5.41, 5.74) is 0.929. The van der Waals surface area contributed by atoms with Crippen LogP contribution in [0.25, 0.3) is 0 Å². The first kappa shape index (κ1) is 15.5. The zero-order chi connectivity index (χ0) is 15.1. The molecule has 1 fully saturated rings. The zero-order valence-corrected chi connectivity index (χ0v) is 11.4. The lowest BCUT2D eigenvalue weighted by Crippen LogP contribution is -2.10. The van der Waals surface area contributed by atoms with Crippen molar-refractivity contribution in [3.63, 3.8) is 0 Å². The van der Waals surface area contributed by atoms with Crippen molar-refractivity contribution in [1.82, 2.24) is 0 Å². The van der Waals surface area contributed by atoms with Crippen molar-refractivity contribution < 1.29 is 19.1 Å². The Morgan fingerprint density at radius 2 is 1.25 bits per heavy atom. The first-order valence-electron chi connectivity index (χ1n) is 6.13. The molecule has 104 valence electrons. The third-order valence-electron chi connectivity index (χ3n) is 2.71. The molecule has 1 aliphatic rings. The van der Waals surface area contributed by atoms with Crippen LogP contribution in [-0.2, 0) is 19.1 Å². The SMILES string of the molecule is CC(=O)OC(C#N)=C1CCCCC1=C(C#N)OC(C)=O. The molecule has 0 atom stereocenters. The van der Waals surface area contributed by atoms with E-state index in [9.17, 15) is 9.59 Å². The topological polar surface area (TPSA) is 100 Å². The van der Waals surface area contributed by atoms with Crippen LogP contribution >= 0.6 is 0 Å². The number of rotatable bonds is 2. The fourth-order valence-corrected chi connectivity index (χ4v) is 2.00. The molecule has 0 saturated heterocycles. The molecule has 20 heavy (non-hydrogen) atoms. The predicted molar refractivity (Wildman–Crippen MR) is 67.3 cm³/mol. The number of hydrogen-bond acceptors (Lipinski definition) is 6. The summed E-state index contributed by atoms with van der Waals surface area (Å²) < 4.78 is 9.73. The standard InChI is InChI=1S/C14H14N2O4/c1-9(17)19-13(7-15)11-5-3-4-6-12(11)14(8-16)20-10(2)18/h3-6H2,1-2H3. The van der Waals surface area contributed by atoms with Crippen LogP contribution in [0.15, 0.2) is 22.7 Å².